The van der Waals surface area contributed by atoms with Crippen LogP contribution in [0.25, 0.3) is 17.0 Å². The number of amides is 2. The van der Waals surface area contributed by atoms with Crippen molar-refractivity contribution in [3.05, 3.63) is 40.1 Å². The van der Waals surface area contributed by atoms with E-state index in [9.17, 15) is 14.4 Å². The number of thiocarbonyl (C=S) groups is 1. The van der Waals surface area contributed by atoms with Gasteiger partial charge < -0.3 is 19.1 Å². The summed E-state index contributed by atoms with van der Waals surface area (Å²) < 4.78 is 7.58. The average Bonchev–Trinajstić information content (AvgIpc) is 3.24. The maximum absolute atomic E-state index is 13.0. The molecule has 1 aromatic heterocycles. The first-order chi connectivity index (χ1) is 16.2. The lowest BCUT2D eigenvalue weighted by atomic mass is 9.99. The number of carbonyl (C=O) groups is 3. The van der Waals surface area contributed by atoms with Crippen LogP contribution in [0, 0.1) is 5.92 Å². The molecule has 0 aliphatic carbocycles. The Balaban J connectivity index is 1.71. The molecule has 10 heteroatoms. The van der Waals surface area contributed by atoms with Crippen molar-refractivity contribution in [2.45, 2.75) is 26.3 Å². The Kier molecular flexibility index (Phi) is 7.09. The number of esters is 1. The molecular formula is C24H27BrN4O4S. The molecule has 0 unspecified atom stereocenters. The van der Waals surface area contributed by atoms with Crippen molar-refractivity contribution in [2.75, 3.05) is 33.8 Å². The van der Waals surface area contributed by atoms with Gasteiger partial charge in [0, 0.05) is 47.3 Å². The van der Waals surface area contributed by atoms with Crippen molar-refractivity contribution in [3.63, 3.8) is 0 Å². The summed E-state index contributed by atoms with van der Waals surface area (Å²) in [7, 11) is 2.87. The van der Waals surface area contributed by atoms with Crippen LogP contribution in [0.1, 0.15) is 25.3 Å². The van der Waals surface area contributed by atoms with Crippen LogP contribution in [0.5, 0.6) is 0 Å². The summed E-state index contributed by atoms with van der Waals surface area (Å²) in [5.41, 5.74) is 1.93. The number of ether oxygens (including phenoxy) is 1. The van der Waals surface area contributed by atoms with E-state index >= 15 is 0 Å². The lowest BCUT2D eigenvalue weighted by Crippen LogP contribution is -2.39. The zero-order valence-corrected chi connectivity index (χ0v) is 21.8. The molecule has 2 aromatic rings. The van der Waals surface area contributed by atoms with E-state index in [1.54, 1.807) is 13.1 Å². The number of methoxy groups -OCH3 is 1. The van der Waals surface area contributed by atoms with Crippen LogP contribution in [0.3, 0.4) is 0 Å². The highest BCUT2D eigenvalue weighted by Crippen LogP contribution is 2.30. The number of hydrogen-bond donors (Lipinski definition) is 0. The summed E-state index contributed by atoms with van der Waals surface area (Å²) in [6.07, 6.45) is 5.64. The van der Waals surface area contributed by atoms with E-state index in [4.69, 9.17) is 17.0 Å². The molecule has 0 spiro atoms. The molecule has 0 bridgehead atoms. The highest BCUT2D eigenvalue weighted by molar-refractivity contribution is 9.10. The first-order valence-corrected chi connectivity index (χ1v) is 12.3. The minimum absolute atomic E-state index is 0.0797. The second-order valence-corrected chi connectivity index (χ2v) is 10.1. The highest BCUT2D eigenvalue weighted by Gasteiger charge is 2.37. The molecule has 3 heterocycles. The molecule has 2 aliphatic heterocycles. The Morgan fingerprint density at radius 1 is 1.24 bits per heavy atom. The number of likely N-dealkylation sites (N-methyl/N-ethyl adjacent to an activating group) is 1. The quantitative estimate of drug-likeness (QED) is 0.325. The zero-order chi connectivity index (χ0) is 24.6. The molecule has 34 heavy (non-hydrogen) atoms. The monoisotopic (exact) mass is 546 g/mol. The third-order valence-electron chi connectivity index (χ3n) is 6.46. The fraction of sp³-hybridized carbons (Fsp3) is 0.417. The van der Waals surface area contributed by atoms with Crippen LogP contribution in [0.4, 0.5) is 0 Å². The van der Waals surface area contributed by atoms with Crippen molar-refractivity contribution >= 4 is 68.0 Å². The fourth-order valence-electron chi connectivity index (χ4n) is 4.34. The van der Waals surface area contributed by atoms with E-state index < -0.39 is 5.97 Å². The summed E-state index contributed by atoms with van der Waals surface area (Å²) in [4.78, 5) is 42.6. The van der Waals surface area contributed by atoms with E-state index in [0.29, 0.717) is 5.92 Å². The van der Waals surface area contributed by atoms with Gasteiger partial charge in [-0.3, -0.25) is 19.3 Å². The summed E-state index contributed by atoms with van der Waals surface area (Å²) in [5.74, 6) is -0.0736. The van der Waals surface area contributed by atoms with Crippen molar-refractivity contribution in [1.29, 1.82) is 0 Å². The lowest BCUT2D eigenvalue weighted by Gasteiger charge is -2.30. The third kappa shape index (κ3) is 4.74. The predicted octanol–water partition coefficient (Wildman–Crippen LogP) is 3.24. The van der Waals surface area contributed by atoms with Crippen LogP contribution in [0.15, 0.2) is 34.6 Å². The number of aromatic nitrogens is 1. The third-order valence-corrected chi connectivity index (χ3v) is 7.44. The maximum Gasteiger partial charge on any atom is 0.325 e. The molecule has 180 valence electrons. The highest BCUT2D eigenvalue weighted by atomic mass is 79.9. The number of carbonyl (C=O) groups excluding carboxylic acids is 3. The number of likely N-dealkylation sites (tertiary alicyclic amines) is 1. The lowest BCUT2D eigenvalue weighted by molar-refractivity contribution is -0.140. The molecule has 0 atom stereocenters. The molecule has 2 fully saturated rings. The van der Waals surface area contributed by atoms with Gasteiger partial charge in [0.15, 0.2) is 5.11 Å². The first kappa shape index (κ1) is 24.4. The Hall–Kier alpha value is -2.72. The molecule has 8 nitrogen and oxygen atoms in total. The Morgan fingerprint density at radius 2 is 1.94 bits per heavy atom. The standard InChI is InChI=1S/C24H27BrN4O4S/c1-15-6-8-27(9-7-15)21(30)13-28-12-16(18-11-17(25)4-5-19(18)28)10-20-23(32)26(2)24(34)29(20)14-22(31)33-3/h4-5,10-12,15H,6-9,13-14H2,1-3H3/b20-10-. The topological polar surface area (TPSA) is 75.1 Å². The largest absolute Gasteiger partial charge is 0.468 e. The fourth-order valence-corrected chi connectivity index (χ4v) is 4.95. The molecule has 1 aromatic carbocycles. The van der Waals surface area contributed by atoms with Gasteiger partial charge in [-0.15, -0.1) is 0 Å². The van der Waals surface area contributed by atoms with E-state index in [1.165, 1.54) is 16.9 Å². The average molecular weight is 547 g/mol. The molecular weight excluding hydrogens is 520 g/mol. The molecule has 0 radical (unpaired) electrons. The van der Waals surface area contributed by atoms with Crippen LogP contribution < -0.4 is 0 Å². The van der Waals surface area contributed by atoms with Crippen molar-refractivity contribution < 1.29 is 19.1 Å². The van der Waals surface area contributed by atoms with Crippen molar-refractivity contribution in [1.82, 2.24) is 19.3 Å². The van der Waals surface area contributed by atoms with Gasteiger partial charge >= 0.3 is 5.97 Å². The SMILES string of the molecule is COC(=O)CN1C(=S)N(C)C(=O)/C1=C/c1cn(CC(=O)N2CCC(C)CC2)c2ccc(Br)cc12. The van der Waals surface area contributed by atoms with E-state index in [2.05, 4.69) is 22.9 Å². The van der Waals surface area contributed by atoms with E-state index in [1.807, 2.05) is 33.9 Å². The summed E-state index contributed by atoms with van der Waals surface area (Å²) in [6, 6.07) is 5.83. The second-order valence-electron chi connectivity index (χ2n) is 8.78. The summed E-state index contributed by atoms with van der Waals surface area (Å²) >= 11 is 8.90. The van der Waals surface area contributed by atoms with Gasteiger partial charge in [-0.2, -0.15) is 0 Å². The normalized spacial score (nSPS) is 18.5. The molecule has 0 saturated carbocycles. The predicted molar refractivity (Wildman–Crippen MR) is 137 cm³/mol. The van der Waals surface area contributed by atoms with Crippen molar-refractivity contribution in [2.24, 2.45) is 5.92 Å². The smallest absolute Gasteiger partial charge is 0.325 e. The molecule has 2 aliphatic rings. The Bertz CT molecular complexity index is 1200. The van der Waals surface area contributed by atoms with Crippen LogP contribution >= 0.6 is 28.1 Å². The van der Waals surface area contributed by atoms with Crippen LogP contribution in [0.2, 0.25) is 0 Å². The van der Waals surface area contributed by atoms with Gasteiger partial charge in [0.25, 0.3) is 5.91 Å². The Morgan fingerprint density at radius 3 is 2.62 bits per heavy atom. The number of hydrogen-bond acceptors (Lipinski definition) is 5. The number of halogens is 1. The summed E-state index contributed by atoms with van der Waals surface area (Å²) in [5, 5.41) is 1.12. The minimum Gasteiger partial charge on any atom is -0.468 e. The zero-order valence-electron chi connectivity index (χ0n) is 19.4. The molecule has 4 rings (SSSR count). The van der Waals surface area contributed by atoms with Gasteiger partial charge in [-0.25, -0.2) is 0 Å². The van der Waals surface area contributed by atoms with Gasteiger partial charge in [-0.05, 0) is 55.3 Å². The Labute approximate surface area is 212 Å². The van der Waals surface area contributed by atoms with Gasteiger partial charge in [0.1, 0.15) is 18.8 Å². The number of rotatable bonds is 5. The van der Waals surface area contributed by atoms with Gasteiger partial charge in [-0.1, -0.05) is 22.9 Å². The van der Waals surface area contributed by atoms with Gasteiger partial charge in [0.2, 0.25) is 5.91 Å². The van der Waals surface area contributed by atoms with Crippen LogP contribution in [-0.2, 0) is 25.7 Å². The second kappa shape index (κ2) is 9.87. The molecule has 2 amide bonds. The number of nitrogens with zero attached hydrogens (tertiary/aromatic N) is 4. The molecule has 0 N–H and O–H groups in total. The van der Waals surface area contributed by atoms with Crippen molar-refractivity contribution in [3.8, 4) is 0 Å². The number of piperidine rings is 1. The summed E-state index contributed by atoms with van der Waals surface area (Å²) in [6.45, 7) is 3.83. The van der Waals surface area contributed by atoms with Crippen LogP contribution in [-0.4, -0.2) is 76.0 Å². The number of benzene rings is 1. The molecule has 2 saturated heterocycles. The van der Waals surface area contributed by atoms with E-state index in [0.717, 1.165) is 46.9 Å². The van der Waals surface area contributed by atoms with E-state index in [-0.39, 0.29) is 35.7 Å². The minimum atomic E-state index is -0.497. The number of fused-ring (bicyclic) bond motifs is 1. The van der Waals surface area contributed by atoms with Gasteiger partial charge in [0.05, 0.1) is 7.11 Å². The first-order valence-electron chi connectivity index (χ1n) is 11.1. The maximum atomic E-state index is 13.0.